The van der Waals surface area contributed by atoms with E-state index in [0.29, 0.717) is 0 Å². The van der Waals surface area contributed by atoms with Gasteiger partial charge in [0.1, 0.15) is 17.6 Å². The van der Waals surface area contributed by atoms with Gasteiger partial charge in [-0.2, -0.15) is 0 Å². The molecule has 0 radical (unpaired) electrons. The molecule has 19 heavy (non-hydrogen) atoms. The first-order valence-electron chi connectivity index (χ1n) is 6.90. The van der Waals surface area contributed by atoms with Crippen LogP contribution >= 0.6 is 0 Å². The summed E-state index contributed by atoms with van der Waals surface area (Å²) in [7, 11) is 0. The van der Waals surface area contributed by atoms with E-state index in [9.17, 15) is 0 Å². The van der Waals surface area contributed by atoms with Gasteiger partial charge in [-0.15, -0.1) is 0 Å². The molecule has 96 valence electrons. The fraction of sp³-hybridized carbons (Fsp3) is 0.294. The first-order valence-corrected chi connectivity index (χ1v) is 6.90. The minimum absolute atomic E-state index is 0.157. The lowest BCUT2D eigenvalue weighted by Gasteiger charge is -2.19. The molecule has 0 saturated carbocycles. The molecule has 4 rings (SSSR count). The van der Waals surface area contributed by atoms with Crippen molar-refractivity contribution >= 4 is 0 Å². The molecule has 2 nitrogen and oxygen atoms in total. The molecule has 0 aliphatic carbocycles. The van der Waals surface area contributed by atoms with Gasteiger partial charge in [0, 0.05) is 6.42 Å². The van der Waals surface area contributed by atoms with Crippen LogP contribution in [0.25, 0.3) is 0 Å². The normalized spacial score (nSPS) is 20.1. The Morgan fingerprint density at radius 3 is 2.84 bits per heavy atom. The smallest absolute Gasteiger partial charge is 0.128 e. The van der Waals surface area contributed by atoms with E-state index in [-0.39, 0.29) is 6.10 Å². The lowest BCUT2D eigenvalue weighted by molar-refractivity contribution is 0.237. The molecule has 2 aliphatic rings. The van der Waals surface area contributed by atoms with Crippen molar-refractivity contribution in [2.45, 2.75) is 25.4 Å². The fourth-order valence-corrected chi connectivity index (χ4v) is 2.95. The molecule has 0 saturated heterocycles. The van der Waals surface area contributed by atoms with Gasteiger partial charge in [-0.3, -0.25) is 0 Å². The van der Waals surface area contributed by atoms with Crippen LogP contribution in [0.4, 0.5) is 0 Å². The predicted molar refractivity (Wildman–Crippen MR) is 73.8 cm³/mol. The van der Waals surface area contributed by atoms with Crippen molar-refractivity contribution < 1.29 is 9.47 Å². The Hall–Kier alpha value is -1.96. The molecule has 2 heterocycles. The maximum atomic E-state index is 6.04. The second-order valence-electron chi connectivity index (χ2n) is 5.24. The van der Waals surface area contributed by atoms with Gasteiger partial charge >= 0.3 is 0 Å². The lowest BCUT2D eigenvalue weighted by atomic mass is 9.98. The third-order valence-corrected chi connectivity index (χ3v) is 3.95. The Balaban J connectivity index is 1.64. The highest BCUT2D eigenvalue weighted by atomic mass is 16.5. The third-order valence-electron chi connectivity index (χ3n) is 3.95. The average molecular weight is 252 g/mol. The van der Waals surface area contributed by atoms with Crippen molar-refractivity contribution in [2.24, 2.45) is 0 Å². The quantitative estimate of drug-likeness (QED) is 0.770. The minimum Gasteiger partial charge on any atom is -0.493 e. The highest BCUT2D eigenvalue weighted by molar-refractivity contribution is 5.43. The van der Waals surface area contributed by atoms with Crippen molar-refractivity contribution in [1.82, 2.24) is 0 Å². The maximum absolute atomic E-state index is 6.04. The Morgan fingerprint density at radius 2 is 1.89 bits per heavy atom. The summed E-state index contributed by atoms with van der Waals surface area (Å²) < 4.78 is 11.7. The Kier molecular flexibility index (Phi) is 2.47. The molecule has 1 unspecified atom stereocenters. The van der Waals surface area contributed by atoms with Gasteiger partial charge in [-0.25, -0.2) is 0 Å². The predicted octanol–water partition coefficient (Wildman–Crippen LogP) is 3.69. The molecule has 0 amide bonds. The minimum atomic E-state index is 0.157. The summed E-state index contributed by atoms with van der Waals surface area (Å²) in [6, 6.07) is 14.8. The monoisotopic (exact) mass is 252 g/mol. The van der Waals surface area contributed by atoms with Crippen molar-refractivity contribution in [3.05, 3.63) is 59.2 Å². The summed E-state index contributed by atoms with van der Waals surface area (Å²) in [4.78, 5) is 0. The Morgan fingerprint density at radius 1 is 0.947 bits per heavy atom. The van der Waals surface area contributed by atoms with E-state index in [2.05, 4.69) is 36.4 Å². The molecular weight excluding hydrogens is 236 g/mol. The van der Waals surface area contributed by atoms with Crippen LogP contribution in [0.2, 0.25) is 0 Å². The Labute approximate surface area is 113 Å². The largest absolute Gasteiger partial charge is 0.493 e. The van der Waals surface area contributed by atoms with Gasteiger partial charge in [0.05, 0.1) is 6.61 Å². The zero-order valence-electron chi connectivity index (χ0n) is 10.8. The number of hydrogen-bond acceptors (Lipinski definition) is 2. The molecule has 0 spiro atoms. The van der Waals surface area contributed by atoms with Crippen molar-refractivity contribution in [1.29, 1.82) is 0 Å². The van der Waals surface area contributed by atoms with Gasteiger partial charge in [0.2, 0.25) is 0 Å². The fourth-order valence-electron chi connectivity index (χ4n) is 2.95. The summed E-state index contributed by atoms with van der Waals surface area (Å²) in [5.74, 6) is 2.08. The van der Waals surface area contributed by atoms with E-state index in [1.165, 1.54) is 16.7 Å². The van der Waals surface area contributed by atoms with Gasteiger partial charge in [0.25, 0.3) is 0 Å². The number of rotatable bonds is 1. The summed E-state index contributed by atoms with van der Waals surface area (Å²) in [6.45, 7) is 0.845. The van der Waals surface area contributed by atoms with E-state index in [1.54, 1.807) is 0 Å². The molecular formula is C17H16O2. The first kappa shape index (κ1) is 10.9. The molecule has 2 heteroatoms. The van der Waals surface area contributed by atoms with E-state index >= 15 is 0 Å². The standard InChI is InChI=1S/C17H16O2/c1-2-6-16-13(4-1)11-17(19-16)14-7-8-15-12(10-14)5-3-9-18-15/h1-2,4,6-8,10,17H,3,5,9,11H2. The van der Waals surface area contributed by atoms with Gasteiger partial charge in [-0.05, 0) is 47.7 Å². The van der Waals surface area contributed by atoms with Crippen LogP contribution < -0.4 is 9.47 Å². The van der Waals surface area contributed by atoms with E-state index < -0.39 is 0 Å². The second-order valence-corrected chi connectivity index (χ2v) is 5.24. The zero-order valence-corrected chi connectivity index (χ0v) is 10.8. The lowest BCUT2D eigenvalue weighted by Crippen LogP contribution is -2.10. The topological polar surface area (TPSA) is 18.5 Å². The molecule has 0 fully saturated rings. The summed E-state index contributed by atoms with van der Waals surface area (Å²) in [6.07, 6.45) is 3.35. The van der Waals surface area contributed by atoms with Crippen LogP contribution in [0.1, 0.15) is 29.2 Å². The van der Waals surface area contributed by atoms with Crippen LogP contribution in [0, 0.1) is 0 Å². The number of aryl methyl sites for hydroxylation is 1. The van der Waals surface area contributed by atoms with Crippen LogP contribution in [-0.4, -0.2) is 6.61 Å². The van der Waals surface area contributed by atoms with E-state index in [1.807, 2.05) is 6.07 Å². The molecule has 2 aromatic rings. The number of fused-ring (bicyclic) bond motifs is 2. The number of ether oxygens (including phenoxy) is 2. The second kappa shape index (κ2) is 4.30. The van der Waals surface area contributed by atoms with Crippen molar-refractivity contribution in [2.75, 3.05) is 6.61 Å². The van der Waals surface area contributed by atoms with Gasteiger partial charge in [0.15, 0.2) is 0 Å². The summed E-state index contributed by atoms with van der Waals surface area (Å²) >= 11 is 0. The average Bonchev–Trinajstić information content (AvgIpc) is 2.90. The summed E-state index contributed by atoms with van der Waals surface area (Å²) in [5, 5.41) is 0. The molecule has 0 N–H and O–H groups in total. The maximum Gasteiger partial charge on any atom is 0.128 e. The third kappa shape index (κ3) is 1.88. The van der Waals surface area contributed by atoms with Crippen LogP contribution in [-0.2, 0) is 12.8 Å². The Bertz CT molecular complexity index is 593. The number of benzene rings is 2. The van der Waals surface area contributed by atoms with Gasteiger partial charge < -0.3 is 9.47 Å². The van der Waals surface area contributed by atoms with Crippen molar-refractivity contribution in [3.63, 3.8) is 0 Å². The molecule has 2 aromatic carbocycles. The molecule has 2 aliphatic heterocycles. The van der Waals surface area contributed by atoms with Gasteiger partial charge in [-0.1, -0.05) is 24.3 Å². The zero-order chi connectivity index (χ0) is 12.7. The highest BCUT2D eigenvalue weighted by Crippen LogP contribution is 2.38. The number of para-hydroxylation sites is 1. The van der Waals surface area contributed by atoms with E-state index in [0.717, 1.165) is 37.4 Å². The molecule has 1 atom stereocenters. The molecule has 0 aromatic heterocycles. The van der Waals surface area contributed by atoms with Crippen LogP contribution in [0.3, 0.4) is 0 Å². The molecule has 0 bridgehead atoms. The van der Waals surface area contributed by atoms with Crippen LogP contribution in [0.5, 0.6) is 11.5 Å². The number of hydrogen-bond donors (Lipinski definition) is 0. The SMILES string of the molecule is c1ccc2c(c1)CC(c1ccc3c(c1)CCCO3)O2. The van der Waals surface area contributed by atoms with E-state index in [4.69, 9.17) is 9.47 Å². The first-order chi connectivity index (χ1) is 9.40. The van der Waals surface area contributed by atoms with Crippen molar-refractivity contribution in [3.8, 4) is 11.5 Å². The highest BCUT2D eigenvalue weighted by Gasteiger charge is 2.24. The summed E-state index contributed by atoms with van der Waals surface area (Å²) in [5.41, 5.74) is 3.89. The van der Waals surface area contributed by atoms with Crippen LogP contribution in [0.15, 0.2) is 42.5 Å².